The van der Waals surface area contributed by atoms with Gasteiger partial charge in [-0.3, -0.25) is 0 Å². The molecule has 0 radical (unpaired) electrons. The van der Waals surface area contributed by atoms with Gasteiger partial charge >= 0.3 is 0 Å². The van der Waals surface area contributed by atoms with Crippen LogP contribution in [0.4, 0.5) is 0 Å². The number of H-pyrrole nitrogens is 1. The molecule has 22 heavy (non-hydrogen) atoms. The van der Waals surface area contributed by atoms with Crippen LogP contribution in [-0.4, -0.2) is 11.2 Å². The normalized spacial score (nSPS) is 14.2. The van der Waals surface area contributed by atoms with Crippen molar-refractivity contribution in [2.45, 2.75) is 18.8 Å². The third-order valence-corrected chi connectivity index (χ3v) is 4.18. The minimum absolute atomic E-state index is 0.178. The Bertz CT molecular complexity index is 799. The zero-order valence-electron chi connectivity index (χ0n) is 12.7. The zero-order valence-corrected chi connectivity index (χ0v) is 12.7. The summed E-state index contributed by atoms with van der Waals surface area (Å²) in [6.45, 7) is 2.19. The number of fused-ring (bicyclic) bond motifs is 1. The largest absolute Gasteiger partial charge is 0.361 e. The van der Waals surface area contributed by atoms with E-state index in [2.05, 4.69) is 60.5 Å². The molecule has 1 heterocycles. The predicted octanol–water partition coefficient (Wildman–Crippen LogP) is 5.18. The van der Waals surface area contributed by atoms with Gasteiger partial charge in [0.05, 0.1) is 0 Å². The Labute approximate surface area is 131 Å². The second kappa shape index (κ2) is 6.02. The Kier molecular flexibility index (Phi) is 3.92. The van der Waals surface area contributed by atoms with Crippen LogP contribution >= 0.6 is 0 Å². The Morgan fingerprint density at radius 2 is 1.91 bits per heavy atom. The van der Waals surface area contributed by atoms with Crippen molar-refractivity contribution in [1.82, 2.24) is 4.98 Å². The number of benzene rings is 2. The maximum atomic E-state index is 7.56. The summed E-state index contributed by atoms with van der Waals surface area (Å²) in [7, 11) is 0. The molecule has 0 fully saturated rings. The van der Waals surface area contributed by atoms with E-state index < -0.39 is 0 Å². The van der Waals surface area contributed by atoms with E-state index in [0.29, 0.717) is 6.42 Å². The molecule has 0 bridgehead atoms. The lowest BCUT2D eigenvalue weighted by molar-refractivity contribution is 0.631. The van der Waals surface area contributed by atoms with Gasteiger partial charge in [0.2, 0.25) is 0 Å². The lowest BCUT2D eigenvalue weighted by Gasteiger charge is -2.25. The monoisotopic (exact) mass is 288 g/mol. The Morgan fingerprint density at radius 1 is 1.09 bits per heavy atom. The van der Waals surface area contributed by atoms with Crippen LogP contribution in [0.2, 0.25) is 0 Å². The summed E-state index contributed by atoms with van der Waals surface area (Å²) >= 11 is 0. The molecule has 0 aliphatic heterocycles. The number of rotatable bonds is 5. The smallest absolute Gasteiger partial charge is 0.0454 e. The average molecular weight is 288 g/mol. The molecule has 1 unspecified atom stereocenters. The van der Waals surface area contributed by atoms with Gasteiger partial charge in [0, 0.05) is 17.1 Å². The van der Waals surface area contributed by atoms with E-state index in [-0.39, 0.29) is 5.41 Å². The summed E-state index contributed by atoms with van der Waals surface area (Å²) in [5.74, 6) is 0. The molecule has 0 aliphatic rings. The van der Waals surface area contributed by atoms with Gasteiger partial charge in [0.25, 0.3) is 0 Å². The molecule has 0 spiro atoms. The summed E-state index contributed by atoms with van der Waals surface area (Å²) in [5.41, 5.74) is 3.38. The van der Waals surface area contributed by atoms with Crippen molar-refractivity contribution in [3.63, 3.8) is 0 Å². The van der Waals surface area contributed by atoms with Crippen molar-refractivity contribution >= 4 is 23.2 Å². The van der Waals surface area contributed by atoms with Gasteiger partial charge in [-0.1, -0.05) is 55.5 Å². The first-order valence-electron chi connectivity index (χ1n) is 7.52. The predicted molar refractivity (Wildman–Crippen MR) is 94.5 cm³/mol. The zero-order chi connectivity index (χ0) is 15.4. The van der Waals surface area contributed by atoms with Crippen LogP contribution < -0.4 is 0 Å². The first kappa shape index (κ1) is 14.3. The van der Waals surface area contributed by atoms with E-state index in [0.717, 1.165) is 5.52 Å². The van der Waals surface area contributed by atoms with Gasteiger partial charge in [0.15, 0.2) is 0 Å². The fraction of sp³-hybridized carbons (Fsp3) is 0.150. The van der Waals surface area contributed by atoms with Crippen LogP contribution in [0, 0.1) is 5.41 Å². The van der Waals surface area contributed by atoms with Crippen LogP contribution in [0.25, 0.3) is 17.0 Å². The van der Waals surface area contributed by atoms with Crippen molar-refractivity contribution in [2.75, 3.05) is 0 Å². The highest BCUT2D eigenvalue weighted by Gasteiger charge is 2.22. The molecule has 2 nitrogen and oxygen atoms in total. The fourth-order valence-electron chi connectivity index (χ4n) is 2.75. The van der Waals surface area contributed by atoms with Crippen LogP contribution in [0.1, 0.15) is 24.5 Å². The summed E-state index contributed by atoms with van der Waals surface area (Å²) in [6.07, 6.45) is 8.50. The van der Waals surface area contributed by atoms with Crippen molar-refractivity contribution in [1.29, 1.82) is 5.41 Å². The molecule has 3 rings (SSSR count). The number of nitrogens with one attached hydrogen (secondary N) is 2. The number of hydrogen-bond acceptors (Lipinski definition) is 1. The van der Waals surface area contributed by atoms with Crippen LogP contribution in [0.5, 0.6) is 0 Å². The second-order valence-corrected chi connectivity index (χ2v) is 5.85. The maximum Gasteiger partial charge on any atom is 0.0454 e. The first-order chi connectivity index (χ1) is 10.7. The van der Waals surface area contributed by atoms with Gasteiger partial charge in [0.1, 0.15) is 0 Å². The van der Waals surface area contributed by atoms with E-state index >= 15 is 0 Å². The Morgan fingerprint density at radius 3 is 2.68 bits per heavy atom. The van der Waals surface area contributed by atoms with E-state index in [4.69, 9.17) is 5.41 Å². The highest BCUT2D eigenvalue weighted by molar-refractivity contribution is 5.80. The van der Waals surface area contributed by atoms with Crippen LogP contribution in [-0.2, 0) is 5.41 Å². The minimum atomic E-state index is -0.178. The molecule has 0 aliphatic carbocycles. The summed E-state index contributed by atoms with van der Waals surface area (Å²) in [4.78, 5) is 3.23. The number of allylic oxidation sites excluding steroid dienone is 1. The fourth-order valence-corrected chi connectivity index (χ4v) is 2.75. The minimum Gasteiger partial charge on any atom is -0.361 e. The summed E-state index contributed by atoms with van der Waals surface area (Å²) in [5, 5.41) is 8.77. The molecule has 2 heteroatoms. The standard InChI is InChI=1S/C20H20N2/c1-20(12-13-21,11-9-16-5-3-2-4-6-16)18-7-8-19-17(15-18)10-14-22-19/h2-11,13-15,21-22H,12H2,1H3. The molecule has 3 aromatic rings. The number of hydrogen-bond donors (Lipinski definition) is 2. The van der Waals surface area contributed by atoms with Gasteiger partial charge in [-0.2, -0.15) is 0 Å². The van der Waals surface area contributed by atoms with Gasteiger partial charge < -0.3 is 10.4 Å². The van der Waals surface area contributed by atoms with Gasteiger partial charge in [-0.25, -0.2) is 0 Å². The first-order valence-corrected chi connectivity index (χ1v) is 7.52. The van der Waals surface area contributed by atoms with Crippen molar-refractivity contribution < 1.29 is 0 Å². The molecular formula is C20H20N2. The summed E-state index contributed by atoms with van der Waals surface area (Å²) < 4.78 is 0. The quantitative estimate of drug-likeness (QED) is 0.607. The molecule has 0 amide bonds. The van der Waals surface area contributed by atoms with Crippen molar-refractivity contribution in [3.05, 3.63) is 78.0 Å². The topological polar surface area (TPSA) is 39.6 Å². The molecular weight excluding hydrogens is 268 g/mol. The van der Waals surface area contributed by atoms with E-state index in [1.165, 1.54) is 22.7 Å². The van der Waals surface area contributed by atoms with Crippen LogP contribution in [0.15, 0.2) is 66.9 Å². The average Bonchev–Trinajstić information content (AvgIpc) is 3.02. The van der Waals surface area contributed by atoms with Crippen molar-refractivity contribution in [2.24, 2.45) is 0 Å². The lowest BCUT2D eigenvalue weighted by atomic mass is 9.79. The molecule has 2 N–H and O–H groups in total. The third-order valence-electron chi connectivity index (χ3n) is 4.18. The highest BCUT2D eigenvalue weighted by atomic mass is 14.7. The lowest BCUT2D eigenvalue weighted by Crippen LogP contribution is -2.19. The maximum absolute atomic E-state index is 7.56. The SMILES string of the molecule is CC(C=Cc1ccccc1)(CC=N)c1ccc2[nH]ccc2c1. The van der Waals surface area contributed by atoms with E-state index in [1.807, 2.05) is 24.4 Å². The van der Waals surface area contributed by atoms with E-state index in [1.54, 1.807) is 0 Å². The molecule has 0 saturated carbocycles. The second-order valence-electron chi connectivity index (χ2n) is 5.85. The van der Waals surface area contributed by atoms with Crippen LogP contribution in [0.3, 0.4) is 0 Å². The Hall–Kier alpha value is -2.61. The molecule has 0 saturated heterocycles. The number of aromatic nitrogens is 1. The molecule has 1 aromatic heterocycles. The van der Waals surface area contributed by atoms with E-state index in [9.17, 15) is 0 Å². The molecule has 2 aromatic carbocycles. The summed E-state index contributed by atoms with van der Waals surface area (Å²) in [6, 6.07) is 18.9. The van der Waals surface area contributed by atoms with Crippen molar-refractivity contribution in [3.8, 4) is 0 Å². The number of aromatic amines is 1. The third kappa shape index (κ3) is 2.86. The highest BCUT2D eigenvalue weighted by Crippen LogP contribution is 2.31. The molecule has 110 valence electrons. The van der Waals surface area contributed by atoms with Gasteiger partial charge in [-0.05, 0) is 47.3 Å². The Balaban J connectivity index is 1.99. The molecule has 1 atom stereocenters. The van der Waals surface area contributed by atoms with Gasteiger partial charge in [-0.15, -0.1) is 0 Å².